The number of rotatable bonds is 12. The second-order valence-electron chi connectivity index (χ2n) is 5.04. The van der Waals surface area contributed by atoms with Crippen molar-refractivity contribution in [3.63, 3.8) is 0 Å². The number of carbonyl (C=O) groups is 1. The molecule has 0 amide bonds. The smallest absolute Gasteiger partial charge is 0.305 e. The lowest BCUT2D eigenvalue weighted by molar-refractivity contribution is -0.143. The summed E-state index contributed by atoms with van der Waals surface area (Å²) >= 11 is 0. The van der Waals surface area contributed by atoms with Crippen molar-refractivity contribution in [2.75, 3.05) is 26.9 Å². The van der Waals surface area contributed by atoms with Crippen LogP contribution in [0, 0.1) is 0 Å². The first-order chi connectivity index (χ1) is 10.3. The van der Waals surface area contributed by atoms with Crippen molar-refractivity contribution in [3.05, 3.63) is 24.0 Å². The summed E-state index contributed by atoms with van der Waals surface area (Å²) in [6, 6.07) is 2.14. The lowest BCUT2D eigenvalue weighted by Crippen LogP contribution is -2.18. The van der Waals surface area contributed by atoms with Crippen molar-refractivity contribution in [3.8, 4) is 0 Å². The Balaban J connectivity index is 2.07. The molecule has 0 aliphatic rings. The van der Waals surface area contributed by atoms with Crippen LogP contribution in [-0.4, -0.2) is 37.4 Å². The van der Waals surface area contributed by atoms with Gasteiger partial charge in [0, 0.05) is 45.6 Å². The largest absolute Gasteiger partial charge is 0.466 e. The molecule has 0 aromatic carbocycles. The minimum absolute atomic E-state index is 0.0807. The molecule has 21 heavy (non-hydrogen) atoms. The van der Waals surface area contributed by atoms with Crippen LogP contribution >= 0.6 is 0 Å². The Bertz CT molecular complexity index is 391. The number of nitrogens with one attached hydrogen (secondary N) is 1. The highest BCUT2D eigenvalue weighted by Gasteiger charge is 2.01. The van der Waals surface area contributed by atoms with E-state index in [0.717, 1.165) is 45.5 Å². The average molecular weight is 296 g/mol. The Morgan fingerprint density at radius 1 is 1.33 bits per heavy atom. The fourth-order valence-corrected chi connectivity index (χ4v) is 2.11. The van der Waals surface area contributed by atoms with Gasteiger partial charge in [0.25, 0.3) is 0 Å². The zero-order valence-corrected chi connectivity index (χ0v) is 13.3. The third kappa shape index (κ3) is 8.52. The molecule has 1 rings (SSSR count). The molecule has 0 radical (unpaired) electrons. The van der Waals surface area contributed by atoms with Gasteiger partial charge in [-0.15, -0.1) is 0 Å². The van der Waals surface area contributed by atoms with Crippen LogP contribution in [0.3, 0.4) is 0 Å². The maximum Gasteiger partial charge on any atom is 0.305 e. The molecule has 0 aliphatic heterocycles. The number of aromatic nitrogens is 1. The molecule has 0 atom stereocenters. The summed E-state index contributed by atoms with van der Waals surface area (Å²) in [4.78, 5) is 11.2. The van der Waals surface area contributed by atoms with Gasteiger partial charge in [-0.25, -0.2) is 0 Å². The van der Waals surface area contributed by atoms with Gasteiger partial charge < -0.3 is 19.4 Å². The Hall–Kier alpha value is -1.33. The first kappa shape index (κ1) is 17.7. The topological polar surface area (TPSA) is 52.5 Å². The number of unbranched alkanes of at least 4 members (excludes halogenated alkanes) is 2. The number of aryl methyl sites for hydroxylation is 1. The van der Waals surface area contributed by atoms with Crippen LogP contribution in [-0.2, 0) is 27.4 Å². The van der Waals surface area contributed by atoms with Gasteiger partial charge in [-0.3, -0.25) is 4.79 Å². The number of hydrogen-bond donors (Lipinski definition) is 1. The molecule has 0 aliphatic carbocycles. The quantitative estimate of drug-likeness (QED) is 0.475. The SMILES string of the molecule is CCOC(=O)CCCCCn1ccc(CNCCOC)c1. The Labute approximate surface area is 127 Å². The molecule has 0 saturated heterocycles. The molecule has 0 unspecified atom stereocenters. The van der Waals surface area contributed by atoms with Crippen molar-refractivity contribution in [2.45, 2.75) is 45.7 Å². The van der Waals surface area contributed by atoms with E-state index in [1.54, 1.807) is 7.11 Å². The van der Waals surface area contributed by atoms with Crippen LogP contribution in [0.1, 0.15) is 38.2 Å². The van der Waals surface area contributed by atoms with E-state index in [9.17, 15) is 4.79 Å². The van der Waals surface area contributed by atoms with Crippen molar-refractivity contribution >= 4 is 5.97 Å². The van der Waals surface area contributed by atoms with Gasteiger partial charge >= 0.3 is 5.97 Å². The van der Waals surface area contributed by atoms with E-state index in [4.69, 9.17) is 9.47 Å². The molecule has 1 N–H and O–H groups in total. The third-order valence-corrected chi connectivity index (χ3v) is 3.23. The highest BCUT2D eigenvalue weighted by Crippen LogP contribution is 2.06. The summed E-state index contributed by atoms with van der Waals surface area (Å²) in [5, 5.41) is 3.33. The van der Waals surface area contributed by atoms with Crippen molar-refractivity contribution < 1.29 is 14.3 Å². The predicted octanol–water partition coefficient (Wildman–Crippen LogP) is 2.35. The maximum atomic E-state index is 11.2. The molecule has 0 bridgehead atoms. The highest BCUT2D eigenvalue weighted by molar-refractivity contribution is 5.69. The van der Waals surface area contributed by atoms with Gasteiger partial charge in [-0.1, -0.05) is 6.42 Å². The fourth-order valence-electron chi connectivity index (χ4n) is 2.11. The van der Waals surface area contributed by atoms with E-state index in [0.29, 0.717) is 13.0 Å². The molecule has 5 heteroatoms. The summed E-state index contributed by atoms with van der Waals surface area (Å²) < 4.78 is 12.1. The second-order valence-corrected chi connectivity index (χ2v) is 5.04. The van der Waals surface area contributed by atoms with Crippen LogP contribution in [0.25, 0.3) is 0 Å². The predicted molar refractivity (Wildman–Crippen MR) is 83.1 cm³/mol. The molecular formula is C16H28N2O3. The van der Waals surface area contributed by atoms with Crippen molar-refractivity contribution in [1.82, 2.24) is 9.88 Å². The van der Waals surface area contributed by atoms with Crippen molar-refractivity contribution in [1.29, 1.82) is 0 Å². The Morgan fingerprint density at radius 2 is 2.19 bits per heavy atom. The van der Waals surface area contributed by atoms with Gasteiger partial charge in [0.1, 0.15) is 0 Å². The summed E-state index contributed by atoms with van der Waals surface area (Å²) in [7, 11) is 1.71. The van der Waals surface area contributed by atoms with Crippen LogP contribution in [0.4, 0.5) is 0 Å². The van der Waals surface area contributed by atoms with E-state index < -0.39 is 0 Å². The van der Waals surface area contributed by atoms with Crippen LogP contribution in [0.15, 0.2) is 18.5 Å². The Morgan fingerprint density at radius 3 is 2.95 bits per heavy atom. The summed E-state index contributed by atoms with van der Waals surface area (Å²) in [6.45, 7) is 5.80. The number of methoxy groups -OCH3 is 1. The number of hydrogen-bond acceptors (Lipinski definition) is 4. The lowest BCUT2D eigenvalue weighted by Gasteiger charge is -2.04. The first-order valence-electron chi connectivity index (χ1n) is 7.76. The minimum atomic E-state index is -0.0807. The molecule has 5 nitrogen and oxygen atoms in total. The van der Waals surface area contributed by atoms with E-state index in [-0.39, 0.29) is 5.97 Å². The second kappa shape index (κ2) is 11.3. The molecule has 1 aromatic rings. The van der Waals surface area contributed by atoms with Crippen LogP contribution < -0.4 is 5.32 Å². The van der Waals surface area contributed by atoms with E-state index in [1.165, 1.54) is 5.56 Å². The first-order valence-corrected chi connectivity index (χ1v) is 7.76. The monoisotopic (exact) mass is 296 g/mol. The van der Waals surface area contributed by atoms with Gasteiger partial charge in [-0.2, -0.15) is 0 Å². The number of nitrogens with zero attached hydrogens (tertiary/aromatic N) is 1. The normalized spacial score (nSPS) is 10.8. The standard InChI is InChI=1S/C16H28N2O3/c1-3-21-16(19)7-5-4-6-10-18-11-8-15(14-18)13-17-9-12-20-2/h8,11,14,17H,3-7,9-10,12-13H2,1-2H3. The maximum absolute atomic E-state index is 11.2. The highest BCUT2D eigenvalue weighted by atomic mass is 16.5. The minimum Gasteiger partial charge on any atom is -0.466 e. The van der Waals surface area contributed by atoms with Crippen LogP contribution in [0.5, 0.6) is 0 Å². The van der Waals surface area contributed by atoms with Gasteiger partial charge in [0.2, 0.25) is 0 Å². The number of ether oxygens (including phenoxy) is 2. The fraction of sp³-hybridized carbons (Fsp3) is 0.688. The molecule has 120 valence electrons. The lowest BCUT2D eigenvalue weighted by atomic mass is 10.2. The zero-order valence-electron chi connectivity index (χ0n) is 13.3. The van der Waals surface area contributed by atoms with Gasteiger partial charge in [0.05, 0.1) is 13.2 Å². The molecule has 1 heterocycles. The number of esters is 1. The van der Waals surface area contributed by atoms with E-state index in [1.807, 2.05) is 6.92 Å². The van der Waals surface area contributed by atoms with Gasteiger partial charge in [-0.05, 0) is 31.4 Å². The van der Waals surface area contributed by atoms with E-state index in [2.05, 4.69) is 28.3 Å². The summed E-state index contributed by atoms with van der Waals surface area (Å²) in [5.41, 5.74) is 1.29. The summed E-state index contributed by atoms with van der Waals surface area (Å²) in [6.07, 6.45) is 7.87. The third-order valence-electron chi connectivity index (χ3n) is 3.23. The molecule has 1 aromatic heterocycles. The average Bonchev–Trinajstić information content (AvgIpc) is 2.91. The molecule has 0 fully saturated rings. The Kier molecular flexibility index (Phi) is 9.57. The van der Waals surface area contributed by atoms with Crippen LogP contribution in [0.2, 0.25) is 0 Å². The molecule has 0 spiro atoms. The number of carbonyl (C=O) groups excluding carboxylic acids is 1. The zero-order chi connectivity index (χ0) is 15.3. The molecule has 0 saturated carbocycles. The van der Waals surface area contributed by atoms with Gasteiger partial charge in [0.15, 0.2) is 0 Å². The van der Waals surface area contributed by atoms with Crippen molar-refractivity contribution in [2.24, 2.45) is 0 Å². The molecular weight excluding hydrogens is 268 g/mol. The summed E-state index contributed by atoms with van der Waals surface area (Å²) in [5.74, 6) is -0.0807. The van der Waals surface area contributed by atoms with E-state index >= 15 is 0 Å².